The number of benzene rings is 1. The molecular weight excluding hydrogens is 432 g/mol. The summed E-state index contributed by atoms with van der Waals surface area (Å²) in [5.41, 5.74) is 0.530. The van der Waals surface area contributed by atoms with Crippen LogP contribution in [-0.4, -0.2) is 105 Å². The van der Waals surface area contributed by atoms with Gasteiger partial charge in [0.2, 0.25) is 0 Å². The van der Waals surface area contributed by atoms with Gasteiger partial charge in [0.15, 0.2) is 0 Å². The van der Waals surface area contributed by atoms with E-state index in [1.165, 1.54) is 0 Å². The molecule has 188 valence electrons. The zero-order valence-corrected chi connectivity index (χ0v) is 19.5. The van der Waals surface area contributed by atoms with E-state index in [0.717, 1.165) is 0 Å². The average Bonchev–Trinajstić information content (AvgIpc) is 2.85. The predicted octanol–water partition coefficient (Wildman–Crippen LogP) is 2.15. The van der Waals surface area contributed by atoms with E-state index in [1.807, 2.05) is 6.07 Å². The summed E-state index contributed by atoms with van der Waals surface area (Å²) >= 11 is 0. The fourth-order valence-electron chi connectivity index (χ4n) is 2.34. The van der Waals surface area contributed by atoms with Crippen LogP contribution < -0.4 is 0 Å². The summed E-state index contributed by atoms with van der Waals surface area (Å²) in [4.78, 5) is 11.7. The van der Waals surface area contributed by atoms with E-state index in [9.17, 15) is 4.79 Å². The van der Waals surface area contributed by atoms with Gasteiger partial charge in [0, 0.05) is 0 Å². The molecule has 0 amide bonds. The molecule has 0 radical (unpaired) electrons. The number of hydrogen-bond donors (Lipinski definition) is 0. The lowest BCUT2D eigenvalue weighted by atomic mass is 10.2. The van der Waals surface area contributed by atoms with Gasteiger partial charge in [0.05, 0.1) is 98.1 Å². The van der Waals surface area contributed by atoms with Crippen LogP contribution in [0, 0.1) is 0 Å². The van der Waals surface area contributed by atoms with Crippen molar-refractivity contribution in [2.75, 3.05) is 99.1 Å². The standard InChI is InChI=1S/C24H38O9/c1-2-8-26-9-10-27-11-12-28-13-14-29-15-16-30-17-18-31-19-20-32-21-22-33-24(25)23-6-4-3-5-7-23/h2-7H,1,8-22H2. The van der Waals surface area contributed by atoms with Gasteiger partial charge in [-0.05, 0) is 12.1 Å². The molecule has 33 heavy (non-hydrogen) atoms. The molecule has 1 aromatic rings. The summed E-state index contributed by atoms with van der Waals surface area (Å²) in [5.74, 6) is -0.351. The molecule has 0 spiro atoms. The van der Waals surface area contributed by atoms with Gasteiger partial charge in [-0.2, -0.15) is 0 Å². The first kappa shape index (κ1) is 29.2. The average molecular weight is 471 g/mol. The van der Waals surface area contributed by atoms with Gasteiger partial charge in [0.1, 0.15) is 6.61 Å². The Bertz CT molecular complexity index is 568. The van der Waals surface area contributed by atoms with Crippen molar-refractivity contribution in [3.05, 3.63) is 48.6 Å². The van der Waals surface area contributed by atoms with Crippen LogP contribution in [0.25, 0.3) is 0 Å². The van der Waals surface area contributed by atoms with E-state index in [-0.39, 0.29) is 12.6 Å². The largest absolute Gasteiger partial charge is 0.460 e. The Morgan fingerprint density at radius 3 is 1.33 bits per heavy atom. The first-order chi connectivity index (χ1) is 16.3. The van der Waals surface area contributed by atoms with Crippen LogP contribution in [0.1, 0.15) is 10.4 Å². The lowest BCUT2D eigenvalue weighted by Gasteiger charge is -2.08. The number of esters is 1. The molecule has 0 saturated carbocycles. The highest BCUT2D eigenvalue weighted by molar-refractivity contribution is 5.89. The second kappa shape index (κ2) is 23.3. The number of rotatable bonds is 24. The third-order valence-electron chi connectivity index (χ3n) is 3.94. The zero-order valence-electron chi connectivity index (χ0n) is 19.5. The van der Waals surface area contributed by atoms with Gasteiger partial charge < -0.3 is 37.9 Å². The molecule has 9 heteroatoms. The van der Waals surface area contributed by atoms with Crippen LogP contribution >= 0.6 is 0 Å². The van der Waals surface area contributed by atoms with Crippen molar-refractivity contribution in [3.63, 3.8) is 0 Å². The first-order valence-corrected chi connectivity index (χ1v) is 11.2. The van der Waals surface area contributed by atoms with E-state index in [2.05, 4.69) is 6.58 Å². The maximum absolute atomic E-state index is 11.7. The maximum atomic E-state index is 11.7. The summed E-state index contributed by atoms with van der Waals surface area (Å²) in [5, 5.41) is 0. The quantitative estimate of drug-likeness (QED) is 0.128. The van der Waals surface area contributed by atoms with Crippen molar-refractivity contribution < 1.29 is 42.7 Å². The van der Waals surface area contributed by atoms with Crippen molar-refractivity contribution in [3.8, 4) is 0 Å². The van der Waals surface area contributed by atoms with Gasteiger partial charge in [-0.25, -0.2) is 4.79 Å². The number of ether oxygens (including phenoxy) is 8. The zero-order chi connectivity index (χ0) is 23.7. The SMILES string of the molecule is C=CCOCCOCCOCCOCCOCCOCCOCCOC(=O)c1ccccc1. The van der Waals surface area contributed by atoms with Crippen LogP contribution in [0.15, 0.2) is 43.0 Å². The van der Waals surface area contributed by atoms with E-state index in [4.69, 9.17) is 37.9 Å². The minimum Gasteiger partial charge on any atom is -0.460 e. The van der Waals surface area contributed by atoms with Crippen molar-refractivity contribution in [2.24, 2.45) is 0 Å². The molecule has 0 unspecified atom stereocenters. The van der Waals surface area contributed by atoms with Gasteiger partial charge >= 0.3 is 5.97 Å². The van der Waals surface area contributed by atoms with Gasteiger partial charge in [-0.15, -0.1) is 6.58 Å². The molecule has 0 aliphatic heterocycles. The fraction of sp³-hybridized carbons (Fsp3) is 0.625. The highest BCUT2D eigenvalue weighted by Gasteiger charge is 2.04. The molecule has 0 fully saturated rings. The summed E-state index contributed by atoms with van der Waals surface area (Å²) in [6.07, 6.45) is 1.71. The highest BCUT2D eigenvalue weighted by atomic mass is 16.6. The summed E-state index contributed by atoms with van der Waals surface area (Å²) in [7, 11) is 0. The summed E-state index contributed by atoms with van der Waals surface area (Å²) < 4.78 is 42.7. The molecule has 0 heterocycles. The summed E-state index contributed by atoms with van der Waals surface area (Å²) in [6, 6.07) is 8.85. The van der Waals surface area contributed by atoms with Crippen LogP contribution in [0.2, 0.25) is 0 Å². The number of carbonyl (C=O) groups is 1. The van der Waals surface area contributed by atoms with E-state index < -0.39 is 0 Å². The van der Waals surface area contributed by atoms with E-state index in [1.54, 1.807) is 30.3 Å². The summed E-state index contributed by atoms with van der Waals surface area (Å²) in [6.45, 7) is 10.7. The first-order valence-electron chi connectivity index (χ1n) is 11.2. The van der Waals surface area contributed by atoms with E-state index >= 15 is 0 Å². The monoisotopic (exact) mass is 470 g/mol. The maximum Gasteiger partial charge on any atom is 0.338 e. The van der Waals surface area contributed by atoms with Crippen molar-refractivity contribution in [2.45, 2.75) is 0 Å². The molecule has 0 N–H and O–H groups in total. The topological polar surface area (TPSA) is 90.9 Å². The highest BCUT2D eigenvalue weighted by Crippen LogP contribution is 2.00. The molecular formula is C24H38O9. The molecule has 0 aliphatic carbocycles. The molecule has 1 rings (SSSR count). The normalized spacial score (nSPS) is 10.9. The number of hydrogen-bond acceptors (Lipinski definition) is 9. The second-order valence-electron chi connectivity index (χ2n) is 6.54. The predicted molar refractivity (Wildman–Crippen MR) is 123 cm³/mol. The lowest BCUT2D eigenvalue weighted by molar-refractivity contribution is -0.0217. The third-order valence-corrected chi connectivity index (χ3v) is 3.94. The molecule has 9 nitrogen and oxygen atoms in total. The fourth-order valence-corrected chi connectivity index (χ4v) is 2.34. The lowest BCUT2D eigenvalue weighted by Crippen LogP contribution is -2.15. The molecule has 0 aliphatic rings. The van der Waals surface area contributed by atoms with E-state index in [0.29, 0.717) is 98.1 Å². The Kier molecular flexibility index (Phi) is 20.6. The molecule has 0 atom stereocenters. The Balaban J connectivity index is 1.69. The molecule has 0 bridgehead atoms. The van der Waals surface area contributed by atoms with Crippen LogP contribution in [0.3, 0.4) is 0 Å². The molecule has 0 saturated heterocycles. The Hall–Kier alpha value is -1.85. The number of carbonyl (C=O) groups excluding carboxylic acids is 1. The van der Waals surface area contributed by atoms with Gasteiger partial charge in [-0.1, -0.05) is 24.3 Å². The molecule has 0 aromatic heterocycles. The van der Waals surface area contributed by atoms with Crippen molar-refractivity contribution >= 4 is 5.97 Å². The van der Waals surface area contributed by atoms with Crippen molar-refractivity contribution in [1.29, 1.82) is 0 Å². The Labute approximate surface area is 196 Å². The van der Waals surface area contributed by atoms with Crippen LogP contribution in [0.5, 0.6) is 0 Å². The van der Waals surface area contributed by atoms with Crippen molar-refractivity contribution in [1.82, 2.24) is 0 Å². The van der Waals surface area contributed by atoms with Crippen LogP contribution in [0.4, 0.5) is 0 Å². The second-order valence-corrected chi connectivity index (χ2v) is 6.54. The smallest absolute Gasteiger partial charge is 0.338 e. The molecule has 1 aromatic carbocycles. The van der Waals surface area contributed by atoms with Crippen LogP contribution in [-0.2, 0) is 37.9 Å². The Morgan fingerprint density at radius 2 is 0.939 bits per heavy atom. The minimum atomic E-state index is -0.351. The van der Waals surface area contributed by atoms with Gasteiger partial charge in [-0.3, -0.25) is 0 Å². The minimum absolute atomic E-state index is 0.210. The Morgan fingerprint density at radius 1 is 0.576 bits per heavy atom. The van der Waals surface area contributed by atoms with Gasteiger partial charge in [0.25, 0.3) is 0 Å². The third kappa shape index (κ3) is 19.3.